The molecule has 0 saturated heterocycles. The molecule has 1 aromatic heterocycles. The first-order chi connectivity index (χ1) is 11.2. The minimum Gasteiger partial charge on any atom is -0.507 e. The summed E-state index contributed by atoms with van der Waals surface area (Å²) in [6, 6.07) is 14.9. The Morgan fingerprint density at radius 3 is 2.61 bits per heavy atom. The van der Waals surface area contributed by atoms with E-state index in [2.05, 4.69) is 26.1 Å². The van der Waals surface area contributed by atoms with Gasteiger partial charge in [-0.25, -0.2) is 0 Å². The highest BCUT2D eigenvalue weighted by atomic mass is 79.9. The second-order valence-electron chi connectivity index (χ2n) is 4.90. The van der Waals surface area contributed by atoms with Crippen LogP contribution in [-0.4, -0.2) is 29.2 Å². The molecule has 0 amide bonds. The monoisotopic (exact) mass is 374 g/mol. The standard InChI is InChI=1S/C17H15BrN2O3/c1-22-10-23-13-6-7-14(17(21)8-13)16-9-15(19-20-16)11-2-4-12(18)5-3-11/h2-9,21H,10H2,1H3,(H,19,20). The third kappa shape index (κ3) is 3.55. The van der Waals surface area contributed by atoms with Gasteiger partial charge in [-0.2, -0.15) is 5.10 Å². The molecule has 0 bridgehead atoms. The second-order valence-corrected chi connectivity index (χ2v) is 5.82. The van der Waals surface area contributed by atoms with E-state index in [4.69, 9.17) is 9.47 Å². The van der Waals surface area contributed by atoms with Crippen LogP contribution in [0.25, 0.3) is 22.5 Å². The first-order valence-electron chi connectivity index (χ1n) is 6.94. The minimum absolute atomic E-state index is 0.115. The zero-order valence-electron chi connectivity index (χ0n) is 12.4. The normalized spacial score (nSPS) is 10.7. The maximum atomic E-state index is 10.2. The predicted molar refractivity (Wildman–Crippen MR) is 91.3 cm³/mol. The quantitative estimate of drug-likeness (QED) is 0.656. The Morgan fingerprint density at radius 2 is 1.91 bits per heavy atom. The van der Waals surface area contributed by atoms with Gasteiger partial charge in [0.2, 0.25) is 0 Å². The SMILES string of the molecule is COCOc1ccc(-c2cc(-c3ccc(Br)cc3)n[nH]2)c(O)c1. The molecule has 0 aliphatic heterocycles. The van der Waals surface area contributed by atoms with Crippen molar-refractivity contribution in [3.8, 4) is 34.0 Å². The summed E-state index contributed by atoms with van der Waals surface area (Å²) in [5, 5.41) is 17.4. The Morgan fingerprint density at radius 1 is 1.13 bits per heavy atom. The lowest BCUT2D eigenvalue weighted by atomic mass is 10.1. The molecule has 0 atom stereocenters. The summed E-state index contributed by atoms with van der Waals surface area (Å²) in [6.45, 7) is 0.135. The Kier molecular flexibility index (Phi) is 4.64. The average Bonchev–Trinajstić information content (AvgIpc) is 3.03. The first kappa shape index (κ1) is 15.6. The Bertz CT molecular complexity index is 800. The van der Waals surface area contributed by atoms with Gasteiger partial charge < -0.3 is 14.6 Å². The van der Waals surface area contributed by atoms with Gasteiger partial charge in [0, 0.05) is 28.8 Å². The number of methoxy groups -OCH3 is 1. The Balaban J connectivity index is 1.86. The maximum absolute atomic E-state index is 10.2. The molecule has 0 aliphatic rings. The van der Waals surface area contributed by atoms with Gasteiger partial charge in [-0.1, -0.05) is 28.1 Å². The van der Waals surface area contributed by atoms with Crippen LogP contribution in [-0.2, 0) is 4.74 Å². The average molecular weight is 375 g/mol. The van der Waals surface area contributed by atoms with Crippen molar-refractivity contribution in [3.63, 3.8) is 0 Å². The molecule has 0 saturated carbocycles. The molecular formula is C17H15BrN2O3. The molecule has 2 aromatic carbocycles. The molecule has 1 heterocycles. The van der Waals surface area contributed by atoms with Crippen LogP contribution in [0.1, 0.15) is 0 Å². The molecule has 23 heavy (non-hydrogen) atoms. The zero-order chi connectivity index (χ0) is 16.2. The molecule has 3 rings (SSSR count). The van der Waals surface area contributed by atoms with E-state index < -0.39 is 0 Å². The van der Waals surface area contributed by atoms with Crippen LogP contribution in [0.5, 0.6) is 11.5 Å². The summed E-state index contributed by atoms with van der Waals surface area (Å²) in [6.07, 6.45) is 0. The van der Waals surface area contributed by atoms with Crippen LogP contribution >= 0.6 is 15.9 Å². The molecule has 0 radical (unpaired) electrons. The molecule has 118 valence electrons. The first-order valence-corrected chi connectivity index (χ1v) is 7.73. The molecule has 0 unspecified atom stereocenters. The minimum atomic E-state index is 0.115. The van der Waals surface area contributed by atoms with Gasteiger partial charge in [-0.05, 0) is 30.3 Å². The van der Waals surface area contributed by atoms with Crippen molar-refractivity contribution < 1.29 is 14.6 Å². The third-order valence-corrected chi connectivity index (χ3v) is 3.85. The van der Waals surface area contributed by atoms with Crippen LogP contribution in [0.15, 0.2) is 53.0 Å². The Hall–Kier alpha value is -2.31. The number of aromatic hydroxyl groups is 1. The third-order valence-electron chi connectivity index (χ3n) is 3.32. The largest absolute Gasteiger partial charge is 0.507 e. The summed E-state index contributed by atoms with van der Waals surface area (Å²) >= 11 is 3.41. The highest BCUT2D eigenvalue weighted by Gasteiger charge is 2.10. The van der Waals surface area contributed by atoms with Gasteiger partial charge in [0.15, 0.2) is 6.79 Å². The number of halogens is 1. The smallest absolute Gasteiger partial charge is 0.188 e. The highest BCUT2D eigenvalue weighted by Crippen LogP contribution is 2.33. The van der Waals surface area contributed by atoms with Gasteiger partial charge >= 0.3 is 0 Å². The molecule has 0 fully saturated rings. The fourth-order valence-corrected chi connectivity index (χ4v) is 2.45. The number of H-pyrrole nitrogens is 1. The van der Waals surface area contributed by atoms with Crippen molar-refractivity contribution in [1.82, 2.24) is 10.2 Å². The molecule has 5 nitrogen and oxygen atoms in total. The fraction of sp³-hybridized carbons (Fsp3) is 0.118. The van der Waals surface area contributed by atoms with E-state index in [0.29, 0.717) is 11.3 Å². The van der Waals surface area contributed by atoms with Crippen molar-refractivity contribution in [3.05, 3.63) is 53.0 Å². The van der Waals surface area contributed by atoms with Gasteiger partial charge in [0.25, 0.3) is 0 Å². The van der Waals surface area contributed by atoms with Gasteiger partial charge in [-0.3, -0.25) is 5.10 Å². The van der Waals surface area contributed by atoms with Crippen LogP contribution in [0.3, 0.4) is 0 Å². The lowest BCUT2D eigenvalue weighted by Crippen LogP contribution is -1.98. The number of benzene rings is 2. The number of rotatable bonds is 5. The summed E-state index contributed by atoms with van der Waals surface area (Å²) in [7, 11) is 1.54. The number of phenols is 1. The number of nitrogens with one attached hydrogen (secondary N) is 1. The molecule has 6 heteroatoms. The number of aromatic nitrogens is 2. The number of hydrogen-bond donors (Lipinski definition) is 2. The van der Waals surface area contributed by atoms with E-state index in [1.807, 2.05) is 30.3 Å². The topological polar surface area (TPSA) is 67.4 Å². The fourth-order valence-electron chi connectivity index (χ4n) is 2.18. The molecule has 2 N–H and O–H groups in total. The van der Waals surface area contributed by atoms with E-state index in [0.717, 1.165) is 21.4 Å². The second kappa shape index (κ2) is 6.85. The summed E-state index contributed by atoms with van der Waals surface area (Å²) in [4.78, 5) is 0. The highest BCUT2D eigenvalue weighted by molar-refractivity contribution is 9.10. The van der Waals surface area contributed by atoms with Crippen molar-refractivity contribution >= 4 is 15.9 Å². The molecular weight excluding hydrogens is 360 g/mol. The number of hydrogen-bond acceptors (Lipinski definition) is 4. The number of phenolic OH excluding ortho intramolecular Hbond substituents is 1. The van der Waals surface area contributed by atoms with Gasteiger partial charge in [0.05, 0.1) is 11.4 Å². The number of aromatic amines is 1. The zero-order valence-corrected chi connectivity index (χ0v) is 14.0. The van der Waals surface area contributed by atoms with Gasteiger partial charge in [0.1, 0.15) is 11.5 Å². The number of ether oxygens (including phenoxy) is 2. The van der Waals surface area contributed by atoms with Crippen LogP contribution in [0.2, 0.25) is 0 Å². The molecule has 0 spiro atoms. The van der Waals surface area contributed by atoms with E-state index in [1.165, 1.54) is 0 Å². The van der Waals surface area contributed by atoms with Crippen LogP contribution < -0.4 is 4.74 Å². The van der Waals surface area contributed by atoms with E-state index in [-0.39, 0.29) is 12.5 Å². The molecule has 0 aliphatic carbocycles. The molecule has 3 aromatic rings. The van der Waals surface area contributed by atoms with Gasteiger partial charge in [-0.15, -0.1) is 0 Å². The lowest BCUT2D eigenvalue weighted by Gasteiger charge is -2.07. The van der Waals surface area contributed by atoms with E-state index in [1.54, 1.807) is 25.3 Å². The van der Waals surface area contributed by atoms with E-state index in [9.17, 15) is 5.11 Å². The maximum Gasteiger partial charge on any atom is 0.188 e. The van der Waals surface area contributed by atoms with Crippen molar-refractivity contribution in [2.75, 3.05) is 13.9 Å². The van der Waals surface area contributed by atoms with Crippen molar-refractivity contribution in [1.29, 1.82) is 0 Å². The Labute approximate surface area is 142 Å². The van der Waals surface area contributed by atoms with Crippen LogP contribution in [0, 0.1) is 0 Å². The summed E-state index contributed by atoms with van der Waals surface area (Å²) in [5.41, 5.74) is 3.20. The van der Waals surface area contributed by atoms with Crippen LogP contribution in [0.4, 0.5) is 0 Å². The van der Waals surface area contributed by atoms with Crippen molar-refractivity contribution in [2.24, 2.45) is 0 Å². The number of nitrogens with zero attached hydrogens (tertiary/aromatic N) is 1. The van der Waals surface area contributed by atoms with Crippen molar-refractivity contribution in [2.45, 2.75) is 0 Å². The lowest BCUT2D eigenvalue weighted by molar-refractivity contribution is 0.0510. The predicted octanol–water partition coefficient (Wildman–Crippen LogP) is 4.19. The van der Waals surface area contributed by atoms with E-state index >= 15 is 0 Å². The summed E-state index contributed by atoms with van der Waals surface area (Å²) < 4.78 is 11.2. The summed E-state index contributed by atoms with van der Waals surface area (Å²) in [5.74, 6) is 0.658.